The van der Waals surface area contributed by atoms with Gasteiger partial charge < -0.3 is 4.74 Å². The average molecular weight is 317 g/mol. The first-order valence-corrected chi connectivity index (χ1v) is 7.13. The Morgan fingerprint density at radius 1 is 1.45 bits per heavy atom. The molecule has 0 fully saturated rings. The van der Waals surface area contributed by atoms with Crippen LogP contribution in [0.25, 0.3) is 16.8 Å². The Morgan fingerprint density at radius 2 is 2.27 bits per heavy atom. The highest BCUT2D eigenvalue weighted by atomic mass is 35.5. The summed E-state index contributed by atoms with van der Waals surface area (Å²) in [5.41, 5.74) is 3.14. The molecule has 112 valence electrons. The van der Waals surface area contributed by atoms with E-state index in [-0.39, 0.29) is 5.88 Å². The maximum atomic E-state index is 12.3. The smallest absolute Gasteiger partial charge is 0.342 e. The number of aromatic nitrogens is 4. The summed E-state index contributed by atoms with van der Waals surface area (Å²) in [6.45, 7) is 1.89. The van der Waals surface area contributed by atoms with Crippen molar-refractivity contribution in [2.24, 2.45) is 0 Å². The van der Waals surface area contributed by atoms with Crippen molar-refractivity contribution in [3.8, 4) is 11.1 Å². The van der Waals surface area contributed by atoms with Gasteiger partial charge in [0.05, 0.1) is 13.0 Å². The van der Waals surface area contributed by atoms with E-state index >= 15 is 0 Å². The number of hydrogen-bond donors (Lipinski definition) is 0. The van der Waals surface area contributed by atoms with Gasteiger partial charge in [0.2, 0.25) is 0 Å². The molecule has 3 heterocycles. The third-order valence-electron chi connectivity index (χ3n) is 3.31. The van der Waals surface area contributed by atoms with E-state index in [1.165, 1.54) is 7.11 Å². The zero-order chi connectivity index (χ0) is 15.7. The maximum absolute atomic E-state index is 12.3. The van der Waals surface area contributed by atoms with Gasteiger partial charge in [0, 0.05) is 29.2 Å². The molecule has 3 aromatic heterocycles. The molecule has 0 atom stereocenters. The van der Waals surface area contributed by atoms with Crippen molar-refractivity contribution >= 4 is 23.2 Å². The highest BCUT2D eigenvalue weighted by molar-refractivity contribution is 6.16. The second kappa shape index (κ2) is 5.73. The number of ether oxygens (including phenoxy) is 1. The van der Waals surface area contributed by atoms with E-state index < -0.39 is 5.97 Å². The molecule has 3 aromatic rings. The van der Waals surface area contributed by atoms with Crippen molar-refractivity contribution in [1.29, 1.82) is 0 Å². The second-order valence-electron chi connectivity index (χ2n) is 4.70. The number of fused-ring (bicyclic) bond motifs is 1. The summed E-state index contributed by atoms with van der Waals surface area (Å²) in [5.74, 6) is 0.153. The molecule has 0 aliphatic rings. The molecule has 0 radical (unpaired) electrons. The quantitative estimate of drug-likeness (QED) is 0.549. The fourth-order valence-corrected chi connectivity index (χ4v) is 2.45. The van der Waals surface area contributed by atoms with Crippen LogP contribution in [0.5, 0.6) is 0 Å². The first-order chi connectivity index (χ1) is 10.7. The predicted molar refractivity (Wildman–Crippen MR) is 81.9 cm³/mol. The summed E-state index contributed by atoms with van der Waals surface area (Å²) in [5, 5.41) is 4.29. The number of carbonyl (C=O) groups is 1. The largest absolute Gasteiger partial charge is 0.465 e. The number of hydrogen-bond acceptors (Lipinski definition) is 5. The van der Waals surface area contributed by atoms with Crippen LogP contribution in [0.2, 0.25) is 0 Å². The SMILES string of the molecule is COC(=O)c1c(-c2cccnc2)cc(C)n2nc(CCl)nc12. The van der Waals surface area contributed by atoms with E-state index in [0.717, 1.165) is 11.3 Å². The van der Waals surface area contributed by atoms with Crippen molar-refractivity contribution in [1.82, 2.24) is 19.6 Å². The third kappa shape index (κ3) is 2.31. The molecule has 0 aromatic carbocycles. The number of pyridine rings is 2. The third-order valence-corrected chi connectivity index (χ3v) is 3.55. The number of esters is 1. The van der Waals surface area contributed by atoms with Gasteiger partial charge in [-0.1, -0.05) is 6.07 Å². The highest BCUT2D eigenvalue weighted by Crippen LogP contribution is 2.28. The maximum Gasteiger partial charge on any atom is 0.342 e. The number of methoxy groups -OCH3 is 1. The molecule has 3 rings (SSSR count). The number of rotatable bonds is 3. The van der Waals surface area contributed by atoms with Gasteiger partial charge in [-0.25, -0.2) is 14.3 Å². The van der Waals surface area contributed by atoms with Gasteiger partial charge in [0.25, 0.3) is 0 Å². The van der Waals surface area contributed by atoms with Crippen LogP contribution in [0.3, 0.4) is 0 Å². The molecule has 22 heavy (non-hydrogen) atoms. The van der Waals surface area contributed by atoms with Gasteiger partial charge in [-0.05, 0) is 19.1 Å². The number of alkyl halides is 1. The van der Waals surface area contributed by atoms with E-state index in [9.17, 15) is 4.79 Å². The van der Waals surface area contributed by atoms with Crippen LogP contribution in [0, 0.1) is 6.92 Å². The van der Waals surface area contributed by atoms with Crippen molar-refractivity contribution in [2.45, 2.75) is 12.8 Å². The lowest BCUT2D eigenvalue weighted by atomic mass is 10.0. The van der Waals surface area contributed by atoms with E-state index in [4.69, 9.17) is 16.3 Å². The molecule has 0 saturated heterocycles. The number of carbonyl (C=O) groups excluding carboxylic acids is 1. The summed E-state index contributed by atoms with van der Waals surface area (Å²) in [6, 6.07) is 5.55. The van der Waals surface area contributed by atoms with Crippen molar-refractivity contribution in [3.05, 3.63) is 47.7 Å². The highest BCUT2D eigenvalue weighted by Gasteiger charge is 2.22. The van der Waals surface area contributed by atoms with Gasteiger partial charge in [-0.15, -0.1) is 16.7 Å². The summed E-state index contributed by atoms with van der Waals surface area (Å²) >= 11 is 5.81. The zero-order valence-electron chi connectivity index (χ0n) is 12.1. The summed E-state index contributed by atoms with van der Waals surface area (Å²) in [7, 11) is 1.34. The normalized spacial score (nSPS) is 10.9. The van der Waals surface area contributed by atoms with E-state index in [2.05, 4.69) is 15.1 Å². The first kappa shape index (κ1) is 14.5. The second-order valence-corrected chi connectivity index (χ2v) is 4.97. The first-order valence-electron chi connectivity index (χ1n) is 6.59. The predicted octanol–water partition coefficient (Wildman–Crippen LogP) is 2.63. The van der Waals surface area contributed by atoms with Gasteiger partial charge >= 0.3 is 5.97 Å². The minimum atomic E-state index is -0.475. The zero-order valence-corrected chi connectivity index (χ0v) is 12.8. The van der Waals surface area contributed by atoms with Crippen LogP contribution in [0.4, 0.5) is 0 Å². The van der Waals surface area contributed by atoms with Crippen LogP contribution >= 0.6 is 11.6 Å². The van der Waals surface area contributed by atoms with Gasteiger partial charge in [0.15, 0.2) is 11.5 Å². The molecule has 0 spiro atoms. The standard InChI is InChI=1S/C15H13ClN4O2/c1-9-6-11(10-4-3-5-17-8-10)13(15(21)22-2)14-18-12(7-16)19-20(9)14/h3-6,8H,7H2,1-2H3. The molecule has 0 N–H and O–H groups in total. The monoisotopic (exact) mass is 316 g/mol. The number of halogens is 1. The van der Waals surface area contributed by atoms with Crippen LogP contribution in [0.1, 0.15) is 21.9 Å². The summed E-state index contributed by atoms with van der Waals surface area (Å²) < 4.78 is 6.52. The topological polar surface area (TPSA) is 69.4 Å². The summed E-state index contributed by atoms with van der Waals surface area (Å²) in [6.07, 6.45) is 3.37. The molecule has 7 heteroatoms. The van der Waals surface area contributed by atoms with Crippen molar-refractivity contribution < 1.29 is 9.53 Å². The molecular formula is C15H13ClN4O2. The van der Waals surface area contributed by atoms with Crippen LogP contribution in [-0.2, 0) is 10.6 Å². The molecule has 0 bridgehead atoms. The van der Waals surface area contributed by atoms with E-state index in [1.54, 1.807) is 16.9 Å². The van der Waals surface area contributed by atoms with Gasteiger partial charge in [-0.2, -0.15) is 0 Å². The number of nitrogens with zero attached hydrogens (tertiary/aromatic N) is 4. The minimum absolute atomic E-state index is 0.171. The lowest BCUT2D eigenvalue weighted by molar-refractivity contribution is 0.0603. The Hall–Kier alpha value is -2.47. The Morgan fingerprint density at radius 3 is 2.91 bits per heavy atom. The average Bonchev–Trinajstić information content (AvgIpc) is 2.99. The lowest BCUT2D eigenvalue weighted by Crippen LogP contribution is -2.09. The fraction of sp³-hybridized carbons (Fsp3) is 0.200. The Bertz CT molecular complexity index is 846. The van der Waals surface area contributed by atoms with Gasteiger partial charge in [0.1, 0.15) is 5.56 Å². The van der Waals surface area contributed by atoms with E-state index in [1.807, 2.05) is 25.1 Å². The molecule has 0 saturated carbocycles. The fourth-order valence-electron chi connectivity index (χ4n) is 2.33. The van der Waals surface area contributed by atoms with Crippen LogP contribution in [0.15, 0.2) is 30.6 Å². The van der Waals surface area contributed by atoms with E-state index in [0.29, 0.717) is 22.6 Å². The van der Waals surface area contributed by atoms with Crippen molar-refractivity contribution in [2.75, 3.05) is 7.11 Å². The molecule has 0 aliphatic heterocycles. The molecule has 0 amide bonds. The van der Waals surface area contributed by atoms with Crippen molar-refractivity contribution in [3.63, 3.8) is 0 Å². The molecule has 6 nitrogen and oxygen atoms in total. The lowest BCUT2D eigenvalue weighted by Gasteiger charge is -2.10. The van der Waals surface area contributed by atoms with Crippen LogP contribution in [-0.4, -0.2) is 32.7 Å². The van der Waals surface area contributed by atoms with Crippen LogP contribution < -0.4 is 0 Å². The number of aryl methyl sites for hydroxylation is 1. The molecule has 0 aliphatic carbocycles. The summed E-state index contributed by atoms with van der Waals surface area (Å²) in [4.78, 5) is 20.7. The Kier molecular flexibility index (Phi) is 3.77. The Labute approximate surface area is 131 Å². The molecule has 0 unspecified atom stereocenters. The minimum Gasteiger partial charge on any atom is -0.465 e. The molecular weight excluding hydrogens is 304 g/mol. The van der Waals surface area contributed by atoms with Gasteiger partial charge in [-0.3, -0.25) is 4.98 Å². The Balaban J connectivity index is 2.38.